The van der Waals surface area contributed by atoms with Crippen LogP contribution in [0.5, 0.6) is 5.75 Å². The fraction of sp³-hybridized carbons (Fsp3) is 0.400. The van der Waals surface area contributed by atoms with Crippen LogP contribution in [0, 0.1) is 0 Å². The average Bonchev–Trinajstić information content (AvgIpc) is 2.77. The molecule has 0 radical (unpaired) electrons. The van der Waals surface area contributed by atoms with Gasteiger partial charge in [-0.2, -0.15) is 8.61 Å². The Morgan fingerprint density at radius 3 is 1.97 bits per heavy atom. The predicted octanol–water partition coefficient (Wildman–Crippen LogP) is 2.45. The van der Waals surface area contributed by atoms with Crippen LogP contribution in [0.4, 0.5) is 0 Å². The Morgan fingerprint density at radius 2 is 1.42 bits per heavy atom. The van der Waals surface area contributed by atoms with Gasteiger partial charge in [0.1, 0.15) is 12.4 Å². The first kappa shape index (κ1) is 24.0. The van der Waals surface area contributed by atoms with Gasteiger partial charge >= 0.3 is 0 Å². The molecule has 1 heterocycles. The largest absolute Gasteiger partial charge is 0.491 e. The first-order chi connectivity index (χ1) is 14.7. The van der Waals surface area contributed by atoms with Gasteiger partial charge in [0.25, 0.3) is 0 Å². The van der Waals surface area contributed by atoms with E-state index in [1.807, 2.05) is 6.92 Å². The molecule has 170 valence electrons. The molecule has 1 aliphatic heterocycles. The smallest absolute Gasteiger partial charge is 0.243 e. The summed E-state index contributed by atoms with van der Waals surface area (Å²) in [5.74, 6) is 0.552. The number of rotatable bonds is 9. The highest BCUT2D eigenvalue weighted by Gasteiger charge is 2.33. The topological polar surface area (TPSA) is 93.2 Å². The zero-order valence-corrected chi connectivity index (χ0v) is 19.5. The molecule has 3 rings (SSSR count). The first-order valence-electron chi connectivity index (χ1n) is 9.81. The molecule has 31 heavy (non-hydrogen) atoms. The highest BCUT2D eigenvalue weighted by Crippen LogP contribution is 2.24. The summed E-state index contributed by atoms with van der Waals surface area (Å²) in [6.45, 7) is 3.59. The second-order valence-corrected chi connectivity index (χ2v) is 11.1. The second kappa shape index (κ2) is 10.3. The maximum Gasteiger partial charge on any atom is 0.243 e. The molecule has 8 nitrogen and oxygen atoms in total. The predicted molar refractivity (Wildman–Crippen MR) is 117 cm³/mol. The number of benzene rings is 2. The summed E-state index contributed by atoms with van der Waals surface area (Å²) in [6.07, 6.45) is 0. The van der Waals surface area contributed by atoms with E-state index in [2.05, 4.69) is 0 Å². The highest BCUT2D eigenvalue weighted by atomic mass is 35.5. The van der Waals surface area contributed by atoms with Crippen molar-refractivity contribution in [2.75, 3.05) is 46.0 Å². The Bertz CT molecular complexity index is 1080. The number of ether oxygens (including phenoxy) is 2. The summed E-state index contributed by atoms with van der Waals surface area (Å²) in [5.41, 5.74) is 0. The van der Waals surface area contributed by atoms with Gasteiger partial charge in [0.2, 0.25) is 20.0 Å². The number of sulfonamides is 2. The van der Waals surface area contributed by atoms with E-state index in [0.717, 1.165) is 0 Å². The van der Waals surface area contributed by atoms with Gasteiger partial charge in [0, 0.05) is 37.8 Å². The van der Waals surface area contributed by atoms with Crippen LogP contribution in [0.25, 0.3) is 0 Å². The van der Waals surface area contributed by atoms with Crippen molar-refractivity contribution in [1.82, 2.24) is 8.61 Å². The lowest BCUT2D eigenvalue weighted by Crippen LogP contribution is -2.50. The first-order valence-corrected chi connectivity index (χ1v) is 13.1. The van der Waals surface area contributed by atoms with Crippen molar-refractivity contribution >= 4 is 31.6 Å². The Labute approximate surface area is 188 Å². The summed E-state index contributed by atoms with van der Waals surface area (Å²) in [6, 6.07) is 12.2. The zero-order chi connectivity index (χ0) is 22.5. The molecule has 0 unspecified atom stereocenters. The van der Waals surface area contributed by atoms with Crippen molar-refractivity contribution in [1.29, 1.82) is 0 Å². The van der Waals surface area contributed by atoms with Gasteiger partial charge in [-0.3, -0.25) is 0 Å². The molecule has 11 heteroatoms. The number of nitrogens with zero attached hydrogens (tertiary/aromatic N) is 2. The summed E-state index contributed by atoms with van der Waals surface area (Å²) in [4.78, 5) is 0.229. The quantitative estimate of drug-likeness (QED) is 0.503. The summed E-state index contributed by atoms with van der Waals surface area (Å²) >= 11 is 5.91. The summed E-state index contributed by atoms with van der Waals surface area (Å²) < 4.78 is 64.8. The molecule has 0 N–H and O–H groups in total. The van der Waals surface area contributed by atoms with E-state index in [1.165, 1.54) is 32.9 Å². The molecule has 2 aromatic carbocycles. The van der Waals surface area contributed by atoms with Crippen molar-refractivity contribution in [3.05, 3.63) is 53.6 Å². The number of halogens is 1. The average molecular weight is 489 g/mol. The minimum atomic E-state index is -3.74. The van der Waals surface area contributed by atoms with Crippen LogP contribution in [-0.2, 0) is 24.8 Å². The minimum Gasteiger partial charge on any atom is -0.491 e. The molecule has 0 amide bonds. The lowest BCUT2D eigenvalue weighted by Gasteiger charge is -2.33. The van der Waals surface area contributed by atoms with Crippen molar-refractivity contribution in [2.45, 2.75) is 16.7 Å². The lowest BCUT2D eigenvalue weighted by atomic mass is 10.3. The van der Waals surface area contributed by atoms with E-state index in [4.69, 9.17) is 21.1 Å². The molecule has 0 aromatic heterocycles. The summed E-state index contributed by atoms with van der Waals surface area (Å²) in [7, 11) is -7.47. The normalized spacial score (nSPS) is 16.3. The van der Waals surface area contributed by atoms with Crippen molar-refractivity contribution in [3.63, 3.8) is 0 Å². The molecule has 2 aromatic rings. The third kappa shape index (κ3) is 5.76. The third-order valence-electron chi connectivity index (χ3n) is 4.79. The van der Waals surface area contributed by atoms with Crippen LogP contribution < -0.4 is 4.74 Å². The number of hydrogen-bond acceptors (Lipinski definition) is 6. The molecule has 1 aliphatic rings. The Balaban J connectivity index is 1.63. The van der Waals surface area contributed by atoms with Crippen LogP contribution in [0.1, 0.15) is 6.92 Å². The summed E-state index contributed by atoms with van der Waals surface area (Å²) in [5, 5.41) is 0.326. The van der Waals surface area contributed by atoms with Gasteiger partial charge in [0.05, 0.1) is 16.4 Å². The third-order valence-corrected chi connectivity index (χ3v) is 8.84. The van der Waals surface area contributed by atoms with Crippen molar-refractivity contribution in [2.24, 2.45) is 0 Å². The maximum absolute atomic E-state index is 12.9. The van der Waals surface area contributed by atoms with Gasteiger partial charge in [-0.05, 0) is 49.4 Å². The second-order valence-electron chi connectivity index (χ2n) is 6.78. The molecule has 1 fully saturated rings. The monoisotopic (exact) mass is 488 g/mol. The van der Waals surface area contributed by atoms with Crippen LogP contribution >= 0.6 is 11.6 Å². The van der Waals surface area contributed by atoms with E-state index in [9.17, 15) is 16.8 Å². The van der Waals surface area contributed by atoms with Crippen molar-refractivity contribution < 1.29 is 26.3 Å². The number of piperazine rings is 1. The standard InChI is InChI=1S/C20H25ClN2O6S2/c1-2-28-14-15-29-18-6-8-19(9-7-18)30(24,25)22-10-12-23(13-11-22)31(26,27)20-5-3-4-17(21)16-20/h3-9,16H,2,10-15H2,1H3. The molecule has 0 spiro atoms. The van der Waals surface area contributed by atoms with Crippen LogP contribution in [0.2, 0.25) is 5.02 Å². The van der Waals surface area contributed by atoms with E-state index in [1.54, 1.807) is 24.3 Å². The van der Waals surface area contributed by atoms with Crippen LogP contribution in [0.3, 0.4) is 0 Å². The molecule has 1 saturated heterocycles. The van der Waals surface area contributed by atoms with Gasteiger partial charge in [-0.25, -0.2) is 16.8 Å². The van der Waals surface area contributed by atoms with Gasteiger partial charge < -0.3 is 9.47 Å². The van der Waals surface area contributed by atoms with Gasteiger partial charge in [0.15, 0.2) is 0 Å². The zero-order valence-electron chi connectivity index (χ0n) is 17.1. The fourth-order valence-electron chi connectivity index (χ4n) is 3.15. The van der Waals surface area contributed by atoms with E-state index >= 15 is 0 Å². The molecular formula is C20H25ClN2O6S2. The molecule has 0 saturated carbocycles. The highest BCUT2D eigenvalue weighted by molar-refractivity contribution is 7.89. The van der Waals surface area contributed by atoms with E-state index < -0.39 is 20.0 Å². The lowest BCUT2D eigenvalue weighted by molar-refractivity contribution is 0.110. The molecule has 0 atom stereocenters. The van der Waals surface area contributed by atoms with Crippen LogP contribution in [-0.4, -0.2) is 71.4 Å². The number of hydrogen-bond donors (Lipinski definition) is 0. The van der Waals surface area contributed by atoms with Gasteiger partial charge in [-0.15, -0.1) is 0 Å². The van der Waals surface area contributed by atoms with Crippen LogP contribution in [0.15, 0.2) is 58.3 Å². The molecule has 0 aliphatic carbocycles. The SMILES string of the molecule is CCOCCOc1ccc(S(=O)(=O)N2CCN(S(=O)(=O)c3cccc(Cl)c3)CC2)cc1. The molecule has 0 bridgehead atoms. The Morgan fingerprint density at radius 1 is 0.839 bits per heavy atom. The van der Waals surface area contributed by atoms with Crippen molar-refractivity contribution in [3.8, 4) is 5.75 Å². The maximum atomic E-state index is 12.9. The molecular weight excluding hydrogens is 464 g/mol. The Hall–Kier alpha value is -1.69. The fourth-order valence-corrected chi connectivity index (χ4v) is 6.29. The van der Waals surface area contributed by atoms with Gasteiger partial charge in [-0.1, -0.05) is 17.7 Å². The minimum absolute atomic E-state index is 0.0622. The Kier molecular flexibility index (Phi) is 7.95. The van der Waals surface area contributed by atoms with E-state index in [0.29, 0.717) is 30.6 Å². The van der Waals surface area contributed by atoms with E-state index in [-0.39, 0.29) is 36.0 Å².